The van der Waals surface area contributed by atoms with Crippen LogP contribution in [-0.2, 0) is 0 Å². The second kappa shape index (κ2) is 5.54. The maximum absolute atomic E-state index is 12.8. The predicted molar refractivity (Wildman–Crippen MR) is 75.7 cm³/mol. The first-order chi connectivity index (χ1) is 10.2. The highest BCUT2D eigenvalue weighted by Crippen LogP contribution is 2.13. The summed E-state index contributed by atoms with van der Waals surface area (Å²) in [5.41, 5.74) is 1.81. The van der Waals surface area contributed by atoms with Gasteiger partial charge in [-0.1, -0.05) is 6.07 Å². The minimum absolute atomic E-state index is 0.267. The summed E-state index contributed by atoms with van der Waals surface area (Å²) in [7, 11) is 0. The molecule has 1 amide bonds. The van der Waals surface area contributed by atoms with E-state index in [1.165, 1.54) is 24.3 Å². The van der Waals surface area contributed by atoms with Gasteiger partial charge in [0.25, 0.3) is 5.91 Å². The molecule has 1 heterocycles. The molecule has 0 saturated heterocycles. The Hall–Kier alpha value is -3.02. The van der Waals surface area contributed by atoms with Crippen LogP contribution in [0.5, 0.6) is 0 Å². The monoisotopic (exact) mass is 282 g/mol. The lowest BCUT2D eigenvalue weighted by atomic mass is 10.2. The Morgan fingerprint density at radius 1 is 1.05 bits per heavy atom. The largest absolute Gasteiger partial charge is 0.322 e. The minimum atomic E-state index is -0.345. The fourth-order valence-corrected chi connectivity index (χ4v) is 1.88. The lowest BCUT2D eigenvalue weighted by Crippen LogP contribution is -2.12. The number of benzene rings is 2. The highest BCUT2D eigenvalue weighted by Gasteiger charge is 2.07. The third-order valence-electron chi connectivity index (χ3n) is 2.93. The number of anilines is 1. The molecule has 0 fully saturated rings. The van der Waals surface area contributed by atoms with Gasteiger partial charge in [-0.15, -0.1) is 10.2 Å². The normalized spacial score (nSPS) is 10.3. The SMILES string of the molecule is O=C(Nc1ccc(F)cc1)c1cccc(-n2cnnc2)c1. The second-order valence-corrected chi connectivity index (χ2v) is 4.38. The first-order valence-corrected chi connectivity index (χ1v) is 6.24. The average molecular weight is 282 g/mol. The number of halogens is 1. The van der Waals surface area contributed by atoms with Crippen LogP contribution >= 0.6 is 0 Å². The van der Waals surface area contributed by atoms with Gasteiger partial charge in [-0.2, -0.15) is 0 Å². The van der Waals surface area contributed by atoms with E-state index in [2.05, 4.69) is 15.5 Å². The number of rotatable bonds is 3. The number of nitrogens with one attached hydrogen (secondary N) is 1. The predicted octanol–water partition coefficient (Wildman–Crippen LogP) is 2.66. The molecule has 0 spiro atoms. The molecular weight excluding hydrogens is 271 g/mol. The van der Waals surface area contributed by atoms with Gasteiger partial charge in [0.2, 0.25) is 0 Å². The van der Waals surface area contributed by atoms with Gasteiger partial charge in [-0.25, -0.2) is 4.39 Å². The standard InChI is InChI=1S/C15H11FN4O/c16-12-4-6-13(7-5-12)19-15(21)11-2-1-3-14(8-11)20-9-17-18-10-20/h1-10H,(H,19,21). The van der Waals surface area contributed by atoms with Crippen molar-refractivity contribution in [3.8, 4) is 5.69 Å². The Morgan fingerprint density at radius 3 is 2.48 bits per heavy atom. The van der Waals surface area contributed by atoms with Gasteiger partial charge >= 0.3 is 0 Å². The molecule has 6 heteroatoms. The molecule has 21 heavy (non-hydrogen) atoms. The highest BCUT2D eigenvalue weighted by atomic mass is 19.1. The summed E-state index contributed by atoms with van der Waals surface area (Å²) >= 11 is 0. The lowest BCUT2D eigenvalue weighted by Gasteiger charge is -2.07. The number of carbonyl (C=O) groups is 1. The minimum Gasteiger partial charge on any atom is -0.322 e. The molecule has 0 saturated carbocycles. The smallest absolute Gasteiger partial charge is 0.255 e. The fraction of sp³-hybridized carbons (Fsp3) is 0. The van der Waals surface area contributed by atoms with Crippen LogP contribution in [-0.4, -0.2) is 20.7 Å². The molecule has 0 aliphatic heterocycles. The first-order valence-electron chi connectivity index (χ1n) is 6.24. The number of nitrogens with zero attached hydrogens (tertiary/aromatic N) is 3. The van der Waals surface area contributed by atoms with Gasteiger partial charge in [0.15, 0.2) is 0 Å². The van der Waals surface area contributed by atoms with Gasteiger partial charge in [-0.05, 0) is 42.5 Å². The maximum atomic E-state index is 12.8. The van der Waals surface area contributed by atoms with Crippen LogP contribution in [0.15, 0.2) is 61.2 Å². The van der Waals surface area contributed by atoms with Crippen LogP contribution in [0.4, 0.5) is 10.1 Å². The van der Waals surface area contributed by atoms with E-state index in [1.54, 1.807) is 35.4 Å². The zero-order chi connectivity index (χ0) is 14.7. The van der Waals surface area contributed by atoms with E-state index in [0.29, 0.717) is 11.3 Å². The van der Waals surface area contributed by atoms with Crippen molar-refractivity contribution in [1.82, 2.24) is 14.8 Å². The van der Waals surface area contributed by atoms with Gasteiger partial charge < -0.3 is 5.32 Å². The number of aromatic nitrogens is 3. The van der Waals surface area contributed by atoms with Crippen LogP contribution in [0.1, 0.15) is 10.4 Å². The molecule has 5 nitrogen and oxygen atoms in total. The molecule has 3 aromatic rings. The van der Waals surface area contributed by atoms with E-state index in [1.807, 2.05) is 6.07 Å². The summed E-state index contributed by atoms with van der Waals surface area (Å²) in [5, 5.41) is 10.2. The van der Waals surface area contributed by atoms with Crippen molar-refractivity contribution in [3.63, 3.8) is 0 Å². The average Bonchev–Trinajstić information content (AvgIpc) is 3.04. The first kappa shape index (κ1) is 13.0. The highest BCUT2D eigenvalue weighted by molar-refractivity contribution is 6.04. The third kappa shape index (κ3) is 2.94. The molecule has 104 valence electrons. The van der Waals surface area contributed by atoms with Crippen molar-refractivity contribution in [2.75, 3.05) is 5.32 Å². The van der Waals surface area contributed by atoms with Crippen LogP contribution in [0.25, 0.3) is 5.69 Å². The second-order valence-electron chi connectivity index (χ2n) is 4.38. The zero-order valence-electron chi connectivity index (χ0n) is 10.9. The zero-order valence-corrected chi connectivity index (χ0v) is 10.9. The summed E-state index contributed by atoms with van der Waals surface area (Å²) in [4.78, 5) is 12.2. The number of amides is 1. The number of hydrogen-bond acceptors (Lipinski definition) is 3. The Morgan fingerprint density at radius 2 is 1.76 bits per heavy atom. The van der Waals surface area contributed by atoms with E-state index < -0.39 is 0 Å². The summed E-state index contributed by atoms with van der Waals surface area (Å²) in [6, 6.07) is 12.7. The summed E-state index contributed by atoms with van der Waals surface area (Å²) in [6.45, 7) is 0. The van der Waals surface area contributed by atoms with Gasteiger partial charge in [-0.3, -0.25) is 9.36 Å². The lowest BCUT2D eigenvalue weighted by molar-refractivity contribution is 0.102. The van der Waals surface area contributed by atoms with Gasteiger partial charge in [0, 0.05) is 16.9 Å². The van der Waals surface area contributed by atoms with E-state index >= 15 is 0 Å². The summed E-state index contributed by atoms with van der Waals surface area (Å²) in [5.74, 6) is -0.612. The van der Waals surface area contributed by atoms with E-state index in [4.69, 9.17) is 0 Å². The van der Waals surface area contributed by atoms with Crippen LogP contribution in [0, 0.1) is 5.82 Å². The number of hydrogen-bond donors (Lipinski definition) is 1. The summed E-state index contributed by atoms with van der Waals surface area (Å²) < 4.78 is 14.5. The van der Waals surface area contributed by atoms with Crippen molar-refractivity contribution >= 4 is 11.6 Å². The Labute approximate surface area is 120 Å². The Balaban J connectivity index is 1.81. The number of carbonyl (C=O) groups excluding carboxylic acids is 1. The van der Waals surface area contributed by atoms with Gasteiger partial charge in [0.1, 0.15) is 18.5 Å². The topological polar surface area (TPSA) is 59.8 Å². The molecule has 0 bridgehead atoms. The maximum Gasteiger partial charge on any atom is 0.255 e. The van der Waals surface area contributed by atoms with E-state index in [0.717, 1.165) is 5.69 Å². The molecule has 2 aromatic carbocycles. The molecule has 1 aromatic heterocycles. The Bertz CT molecular complexity index is 754. The molecule has 0 aliphatic rings. The molecule has 0 atom stereocenters. The van der Waals surface area contributed by atoms with Crippen LogP contribution in [0.2, 0.25) is 0 Å². The molecule has 0 unspecified atom stereocenters. The van der Waals surface area contributed by atoms with E-state index in [-0.39, 0.29) is 11.7 Å². The summed E-state index contributed by atoms with van der Waals surface area (Å²) in [6.07, 6.45) is 3.11. The molecule has 0 aliphatic carbocycles. The quantitative estimate of drug-likeness (QED) is 0.803. The van der Waals surface area contributed by atoms with Crippen molar-refractivity contribution in [2.24, 2.45) is 0 Å². The molecular formula is C15H11FN4O. The van der Waals surface area contributed by atoms with Gasteiger partial charge in [0.05, 0.1) is 0 Å². The van der Waals surface area contributed by atoms with Crippen LogP contribution in [0.3, 0.4) is 0 Å². The molecule has 3 rings (SSSR count). The van der Waals surface area contributed by atoms with Crippen molar-refractivity contribution in [1.29, 1.82) is 0 Å². The fourth-order valence-electron chi connectivity index (χ4n) is 1.88. The van der Waals surface area contributed by atoms with Crippen molar-refractivity contribution < 1.29 is 9.18 Å². The third-order valence-corrected chi connectivity index (χ3v) is 2.93. The van der Waals surface area contributed by atoms with Crippen LogP contribution < -0.4 is 5.32 Å². The Kier molecular flexibility index (Phi) is 3.42. The van der Waals surface area contributed by atoms with Crippen molar-refractivity contribution in [2.45, 2.75) is 0 Å². The van der Waals surface area contributed by atoms with E-state index in [9.17, 15) is 9.18 Å². The molecule has 1 N–H and O–H groups in total. The van der Waals surface area contributed by atoms with Crippen molar-refractivity contribution in [3.05, 3.63) is 72.6 Å². The molecule has 0 radical (unpaired) electrons.